The first-order valence-electron chi connectivity index (χ1n) is 5.99. The van der Waals surface area contributed by atoms with E-state index in [1.54, 1.807) is 6.92 Å². The molecule has 0 amide bonds. The van der Waals surface area contributed by atoms with Gasteiger partial charge in [-0.05, 0) is 20.3 Å². The van der Waals surface area contributed by atoms with Gasteiger partial charge in [-0.2, -0.15) is 13.2 Å². The highest BCUT2D eigenvalue weighted by molar-refractivity contribution is 4.78. The number of alkyl halides is 3. The summed E-state index contributed by atoms with van der Waals surface area (Å²) < 4.78 is 36.5. The van der Waals surface area contributed by atoms with Crippen molar-refractivity contribution in [3.63, 3.8) is 0 Å². The van der Waals surface area contributed by atoms with Gasteiger partial charge in [0.1, 0.15) is 0 Å². The van der Waals surface area contributed by atoms with Gasteiger partial charge in [-0.25, -0.2) is 0 Å². The Morgan fingerprint density at radius 3 is 2.06 bits per heavy atom. The second-order valence-corrected chi connectivity index (χ2v) is 4.86. The molecule has 0 aliphatic carbocycles. The SMILES string of the molecule is CC(O)CC(C)N1CCN(CC(F)(F)F)CC1. The molecule has 1 rings (SSSR count). The normalized spacial score (nSPS) is 23.6. The van der Waals surface area contributed by atoms with Crippen molar-refractivity contribution >= 4 is 0 Å². The summed E-state index contributed by atoms with van der Waals surface area (Å²) in [5.74, 6) is 0. The number of hydrogen-bond acceptors (Lipinski definition) is 3. The van der Waals surface area contributed by atoms with Gasteiger partial charge in [0.15, 0.2) is 0 Å². The fourth-order valence-corrected chi connectivity index (χ4v) is 2.26. The van der Waals surface area contributed by atoms with E-state index in [0.717, 1.165) is 0 Å². The van der Waals surface area contributed by atoms with E-state index in [1.165, 1.54) is 4.90 Å². The van der Waals surface area contributed by atoms with Crippen molar-refractivity contribution in [2.24, 2.45) is 0 Å². The molecule has 1 heterocycles. The molecule has 0 aromatic carbocycles. The van der Waals surface area contributed by atoms with Crippen molar-refractivity contribution in [3.05, 3.63) is 0 Å². The van der Waals surface area contributed by atoms with E-state index in [-0.39, 0.29) is 12.1 Å². The summed E-state index contributed by atoms with van der Waals surface area (Å²) in [6.07, 6.45) is -3.80. The van der Waals surface area contributed by atoms with Crippen LogP contribution in [0.4, 0.5) is 13.2 Å². The van der Waals surface area contributed by atoms with Crippen molar-refractivity contribution in [3.8, 4) is 0 Å². The van der Waals surface area contributed by atoms with Crippen molar-refractivity contribution in [1.82, 2.24) is 9.80 Å². The fraction of sp³-hybridized carbons (Fsp3) is 1.00. The van der Waals surface area contributed by atoms with Gasteiger partial charge in [-0.1, -0.05) is 0 Å². The van der Waals surface area contributed by atoms with Crippen LogP contribution in [0.3, 0.4) is 0 Å². The molecule has 102 valence electrons. The number of nitrogens with zero attached hydrogens (tertiary/aromatic N) is 2. The lowest BCUT2D eigenvalue weighted by Crippen LogP contribution is -2.52. The molecule has 0 saturated carbocycles. The minimum atomic E-state index is -4.10. The first kappa shape index (κ1) is 14.7. The number of hydrogen-bond donors (Lipinski definition) is 1. The molecule has 2 atom stereocenters. The first-order chi connectivity index (χ1) is 7.78. The number of halogens is 3. The summed E-state index contributed by atoms with van der Waals surface area (Å²) in [5.41, 5.74) is 0. The standard InChI is InChI=1S/C11H21F3N2O/c1-9(7-10(2)17)16-5-3-15(4-6-16)8-11(12,13)14/h9-10,17H,3-8H2,1-2H3. The van der Waals surface area contributed by atoms with Crippen molar-refractivity contribution < 1.29 is 18.3 Å². The second kappa shape index (κ2) is 6.02. The van der Waals surface area contributed by atoms with E-state index < -0.39 is 12.7 Å². The number of piperazine rings is 1. The third kappa shape index (κ3) is 5.70. The van der Waals surface area contributed by atoms with Crippen LogP contribution in [0.5, 0.6) is 0 Å². The zero-order chi connectivity index (χ0) is 13.1. The van der Waals surface area contributed by atoms with E-state index in [4.69, 9.17) is 0 Å². The van der Waals surface area contributed by atoms with Crippen LogP contribution in [0, 0.1) is 0 Å². The van der Waals surface area contributed by atoms with Gasteiger partial charge in [0.25, 0.3) is 0 Å². The summed E-state index contributed by atoms with van der Waals surface area (Å²) in [4.78, 5) is 3.57. The maximum absolute atomic E-state index is 12.2. The van der Waals surface area contributed by atoms with Gasteiger partial charge in [0.05, 0.1) is 12.6 Å². The van der Waals surface area contributed by atoms with E-state index in [1.807, 2.05) is 6.92 Å². The maximum Gasteiger partial charge on any atom is 0.401 e. The molecule has 17 heavy (non-hydrogen) atoms. The molecule has 0 radical (unpaired) electrons. The first-order valence-corrected chi connectivity index (χ1v) is 5.99. The second-order valence-electron chi connectivity index (χ2n) is 4.86. The minimum absolute atomic E-state index is 0.225. The molecule has 0 aromatic heterocycles. The Hall–Kier alpha value is -0.330. The summed E-state index contributed by atoms with van der Waals surface area (Å²) in [6.45, 7) is 5.11. The molecular formula is C11H21F3N2O. The van der Waals surface area contributed by atoms with Crippen LogP contribution in [-0.2, 0) is 0 Å². The quantitative estimate of drug-likeness (QED) is 0.820. The van der Waals surface area contributed by atoms with Crippen molar-refractivity contribution in [2.75, 3.05) is 32.7 Å². The topological polar surface area (TPSA) is 26.7 Å². The van der Waals surface area contributed by atoms with Gasteiger partial charge in [-0.3, -0.25) is 9.80 Å². The largest absolute Gasteiger partial charge is 0.401 e. The summed E-state index contributed by atoms with van der Waals surface area (Å²) >= 11 is 0. The van der Waals surface area contributed by atoms with E-state index >= 15 is 0 Å². The van der Waals surface area contributed by atoms with Crippen LogP contribution >= 0.6 is 0 Å². The summed E-state index contributed by atoms with van der Waals surface area (Å²) in [6, 6.07) is 0.225. The number of aliphatic hydroxyl groups is 1. The van der Waals surface area contributed by atoms with Gasteiger partial charge in [0.2, 0.25) is 0 Å². The molecule has 0 spiro atoms. The van der Waals surface area contributed by atoms with Crippen LogP contribution < -0.4 is 0 Å². The molecular weight excluding hydrogens is 233 g/mol. The predicted molar refractivity (Wildman–Crippen MR) is 59.8 cm³/mol. The molecule has 1 N–H and O–H groups in total. The molecule has 0 bridgehead atoms. The molecule has 0 aromatic rings. The maximum atomic E-state index is 12.2. The van der Waals surface area contributed by atoms with Crippen LogP contribution in [0.1, 0.15) is 20.3 Å². The molecule has 3 nitrogen and oxygen atoms in total. The molecule has 2 unspecified atom stereocenters. The third-order valence-electron chi connectivity index (χ3n) is 3.12. The lowest BCUT2D eigenvalue weighted by atomic mass is 10.1. The van der Waals surface area contributed by atoms with Crippen molar-refractivity contribution in [1.29, 1.82) is 0 Å². The number of rotatable bonds is 4. The molecule has 6 heteroatoms. The van der Waals surface area contributed by atoms with Gasteiger partial charge in [0, 0.05) is 32.2 Å². The Kier molecular flexibility index (Phi) is 5.22. The van der Waals surface area contributed by atoms with Crippen LogP contribution in [0.15, 0.2) is 0 Å². The monoisotopic (exact) mass is 254 g/mol. The smallest absolute Gasteiger partial charge is 0.393 e. The van der Waals surface area contributed by atoms with Crippen LogP contribution in [0.2, 0.25) is 0 Å². The molecule has 1 aliphatic rings. The highest BCUT2D eigenvalue weighted by Crippen LogP contribution is 2.18. The summed E-state index contributed by atoms with van der Waals surface area (Å²) in [7, 11) is 0. The van der Waals surface area contributed by atoms with E-state index in [2.05, 4.69) is 4.90 Å². The lowest BCUT2D eigenvalue weighted by molar-refractivity contribution is -0.149. The Bertz CT molecular complexity index is 225. The highest BCUT2D eigenvalue weighted by Gasteiger charge is 2.32. The van der Waals surface area contributed by atoms with Crippen LogP contribution in [-0.4, -0.2) is 66.0 Å². The average Bonchev–Trinajstić information content (AvgIpc) is 2.15. The highest BCUT2D eigenvalue weighted by atomic mass is 19.4. The Labute approximate surface area is 100 Å². The zero-order valence-corrected chi connectivity index (χ0v) is 10.4. The third-order valence-corrected chi connectivity index (χ3v) is 3.12. The van der Waals surface area contributed by atoms with Gasteiger partial charge in [-0.15, -0.1) is 0 Å². The number of aliphatic hydroxyl groups excluding tert-OH is 1. The van der Waals surface area contributed by atoms with E-state index in [9.17, 15) is 18.3 Å². The molecule has 1 aliphatic heterocycles. The van der Waals surface area contributed by atoms with E-state index in [0.29, 0.717) is 32.6 Å². The molecule has 1 fully saturated rings. The minimum Gasteiger partial charge on any atom is -0.393 e. The van der Waals surface area contributed by atoms with Crippen LogP contribution in [0.25, 0.3) is 0 Å². The predicted octanol–water partition coefficient (Wildman–Crippen LogP) is 1.33. The fourth-order valence-electron chi connectivity index (χ4n) is 2.26. The van der Waals surface area contributed by atoms with Gasteiger partial charge < -0.3 is 5.11 Å². The Morgan fingerprint density at radius 2 is 1.65 bits per heavy atom. The van der Waals surface area contributed by atoms with Gasteiger partial charge >= 0.3 is 6.18 Å². The zero-order valence-electron chi connectivity index (χ0n) is 10.4. The lowest BCUT2D eigenvalue weighted by Gasteiger charge is -2.38. The Morgan fingerprint density at radius 1 is 1.12 bits per heavy atom. The van der Waals surface area contributed by atoms with Crippen molar-refractivity contribution in [2.45, 2.75) is 38.6 Å². The summed E-state index contributed by atoms with van der Waals surface area (Å²) in [5, 5.41) is 9.27. The average molecular weight is 254 g/mol. The molecule has 1 saturated heterocycles. The Balaban J connectivity index is 2.30.